The standard InChI is InChI=1S/C15H19N3O2/c1-2-4-11-9-13(20-17-11)10-16-15(19)14-5-3-8-18(14)12-6-7-12/h3,5,8-9,12H,2,4,6-7,10H2,1H3,(H,16,19). The first-order chi connectivity index (χ1) is 9.78. The van der Waals surface area contributed by atoms with Gasteiger partial charge in [0.05, 0.1) is 12.2 Å². The highest BCUT2D eigenvalue weighted by Crippen LogP contribution is 2.35. The molecule has 0 aliphatic heterocycles. The smallest absolute Gasteiger partial charge is 0.268 e. The predicted molar refractivity (Wildman–Crippen MR) is 74.4 cm³/mol. The van der Waals surface area contributed by atoms with E-state index in [1.165, 1.54) is 0 Å². The van der Waals surface area contributed by atoms with Gasteiger partial charge in [-0.1, -0.05) is 18.5 Å². The quantitative estimate of drug-likeness (QED) is 0.880. The van der Waals surface area contributed by atoms with Gasteiger partial charge in [0.1, 0.15) is 5.69 Å². The van der Waals surface area contributed by atoms with Gasteiger partial charge in [-0.2, -0.15) is 0 Å². The van der Waals surface area contributed by atoms with Crippen molar-refractivity contribution < 1.29 is 9.32 Å². The molecular formula is C15H19N3O2. The Balaban J connectivity index is 1.59. The molecule has 1 fully saturated rings. The van der Waals surface area contributed by atoms with Crippen LogP contribution in [0.4, 0.5) is 0 Å². The third-order valence-electron chi connectivity index (χ3n) is 3.49. The fourth-order valence-electron chi connectivity index (χ4n) is 2.33. The Kier molecular flexibility index (Phi) is 3.58. The number of carbonyl (C=O) groups excluding carboxylic acids is 1. The maximum Gasteiger partial charge on any atom is 0.268 e. The van der Waals surface area contributed by atoms with Gasteiger partial charge in [0.2, 0.25) is 0 Å². The van der Waals surface area contributed by atoms with Gasteiger partial charge in [-0.05, 0) is 31.4 Å². The molecule has 5 nitrogen and oxygen atoms in total. The fraction of sp³-hybridized carbons (Fsp3) is 0.467. The lowest BCUT2D eigenvalue weighted by Crippen LogP contribution is -2.25. The molecule has 1 aliphatic carbocycles. The van der Waals surface area contributed by atoms with E-state index in [-0.39, 0.29) is 5.91 Å². The summed E-state index contributed by atoms with van der Waals surface area (Å²) in [5, 5.41) is 6.86. The maximum absolute atomic E-state index is 12.2. The molecule has 2 aromatic heterocycles. The SMILES string of the molecule is CCCc1cc(CNC(=O)c2cccn2C2CC2)on1. The molecule has 5 heteroatoms. The summed E-state index contributed by atoms with van der Waals surface area (Å²) in [7, 11) is 0. The summed E-state index contributed by atoms with van der Waals surface area (Å²) >= 11 is 0. The molecule has 0 unspecified atom stereocenters. The van der Waals surface area contributed by atoms with Crippen LogP contribution in [0.25, 0.3) is 0 Å². The summed E-state index contributed by atoms with van der Waals surface area (Å²) in [4.78, 5) is 12.2. The molecule has 3 rings (SSSR count). The lowest BCUT2D eigenvalue weighted by molar-refractivity contribution is 0.0937. The number of rotatable bonds is 6. The van der Waals surface area contributed by atoms with Crippen molar-refractivity contribution in [2.24, 2.45) is 0 Å². The molecule has 1 saturated carbocycles. The van der Waals surface area contributed by atoms with Crippen molar-refractivity contribution in [3.05, 3.63) is 41.5 Å². The third-order valence-corrected chi connectivity index (χ3v) is 3.49. The third kappa shape index (κ3) is 2.76. The summed E-state index contributed by atoms with van der Waals surface area (Å²) in [6.45, 7) is 2.48. The van der Waals surface area contributed by atoms with Crippen molar-refractivity contribution in [1.29, 1.82) is 0 Å². The van der Waals surface area contributed by atoms with Crippen molar-refractivity contribution in [2.45, 2.75) is 45.2 Å². The van der Waals surface area contributed by atoms with Gasteiger partial charge in [0.25, 0.3) is 5.91 Å². The zero-order valence-electron chi connectivity index (χ0n) is 11.6. The van der Waals surface area contributed by atoms with Crippen LogP contribution < -0.4 is 5.32 Å². The monoisotopic (exact) mass is 273 g/mol. The summed E-state index contributed by atoms with van der Waals surface area (Å²) in [6.07, 6.45) is 6.24. The van der Waals surface area contributed by atoms with E-state index in [1.54, 1.807) is 0 Å². The second-order valence-electron chi connectivity index (χ2n) is 5.25. The molecular weight excluding hydrogens is 254 g/mol. The molecule has 0 atom stereocenters. The largest absolute Gasteiger partial charge is 0.359 e. The topological polar surface area (TPSA) is 60.1 Å². The fourth-order valence-corrected chi connectivity index (χ4v) is 2.33. The molecule has 1 aliphatic rings. The van der Waals surface area contributed by atoms with Crippen molar-refractivity contribution in [2.75, 3.05) is 0 Å². The number of aryl methyl sites for hydroxylation is 1. The van der Waals surface area contributed by atoms with Gasteiger partial charge in [-0.15, -0.1) is 0 Å². The van der Waals surface area contributed by atoms with Crippen LogP contribution in [0.5, 0.6) is 0 Å². The normalized spacial score (nSPS) is 14.4. The van der Waals surface area contributed by atoms with Crippen LogP contribution in [-0.2, 0) is 13.0 Å². The first-order valence-electron chi connectivity index (χ1n) is 7.17. The second kappa shape index (κ2) is 5.53. The molecule has 0 aromatic carbocycles. The molecule has 106 valence electrons. The molecule has 1 N–H and O–H groups in total. The Morgan fingerprint density at radius 1 is 1.55 bits per heavy atom. The highest BCUT2D eigenvalue weighted by atomic mass is 16.5. The van der Waals surface area contributed by atoms with Crippen LogP contribution in [0, 0.1) is 0 Å². The van der Waals surface area contributed by atoms with Crippen LogP contribution >= 0.6 is 0 Å². The molecule has 0 radical (unpaired) electrons. The van der Waals surface area contributed by atoms with Crippen molar-refractivity contribution in [3.8, 4) is 0 Å². The number of hydrogen-bond acceptors (Lipinski definition) is 3. The Bertz CT molecular complexity index is 596. The maximum atomic E-state index is 12.2. The highest BCUT2D eigenvalue weighted by molar-refractivity contribution is 5.92. The Hall–Kier alpha value is -2.04. The van der Waals surface area contributed by atoms with Gasteiger partial charge in [0.15, 0.2) is 5.76 Å². The van der Waals surface area contributed by atoms with Crippen molar-refractivity contribution in [3.63, 3.8) is 0 Å². The van der Waals surface area contributed by atoms with Crippen LogP contribution in [0.3, 0.4) is 0 Å². The number of nitrogens with one attached hydrogen (secondary N) is 1. The Labute approximate surface area is 117 Å². The van der Waals surface area contributed by atoms with E-state index in [9.17, 15) is 4.79 Å². The molecule has 1 amide bonds. The van der Waals surface area contributed by atoms with Crippen molar-refractivity contribution >= 4 is 5.91 Å². The zero-order valence-corrected chi connectivity index (χ0v) is 11.6. The van der Waals surface area contributed by atoms with Gasteiger partial charge >= 0.3 is 0 Å². The van der Waals surface area contributed by atoms with Gasteiger partial charge in [0, 0.05) is 18.3 Å². The minimum atomic E-state index is -0.0599. The van der Waals surface area contributed by atoms with Gasteiger partial charge in [-0.25, -0.2) is 0 Å². The number of nitrogens with zero attached hydrogens (tertiary/aromatic N) is 2. The average molecular weight is 273 g/mol. The van der Waals surface area contributed by atoms with E-state index >= 15 is 0 Å². The van der Waals surface area contributed by atoms with E-state index in [2.05, 4.69) is 22.0 Å². The van der Waals surface area contributed by atoms with E-state index < -0.39 is 0 Å². The molecule has 20 heavy (non-hydrogen) atoms. The lowest BCUT2D eigenvalue weighted by atomic mass is 10.2. The number of aromatic nitrogens is 2. The van der Waals surface area contributed by atoms with Crippen molar-refractivity contribution in [1.82, 2.24) is 15.0 Å². The molecule has 2 aromatic rings. The van der Waals surface area contributed by atoms with E-state index in [4.69, 9.17) is 4.52 Å². The molecule has 0 saturated heterocycles. The van der Waals surface area contributed by atoms with Crippen LogP contribution in [0.1, 0.15) is 54.2 Å². The van der Waals surface area contributed by atoms with E-state index in [0.29, 0.717) is 18.3 Å². The zero-order chi connectivity index (χ0) is 13.9. The van der Waals surface area contributed by atoms with Crippen LogP contribution in [-0.4, -0.2) is 15.6 Å². The Morgan fingerprint density at radius 3 is 3.15 bits per heavy atom. The van der Waals surface area contributed by atoms with Gasteiger partial charge < -0.3 is 14.4 Å². The number of amides is 1. The molecule has 2 heterocycles. The first kappa shape index (κ1) is 13.0. The van der Waals surface area contributed by atoms with Crippen LogP contribution in [0.15, 0.2) is 28.9 Å². The average Bonchev–Trinajstić information content (AvgIpc) is 3.01. The summed E-state index contributed by atoms with van der Waals surface area (Å²) < 4.78 is 7.26. The Morgan fingerprint density at radius 2 is 2.40 bits per heavy atom. The minimum Gasteiger partial charge on any atom is -0.359 e. The summed E-state index contributed by atoms with van der Waals surface area (Å²) in [5.74, 6) is 0.640. The second-order valence-corrected chi connectivity index (χ2v) is 5.25. The van der Waals surface area contributed by atoms with E-state index in [0.717, 1.165) is 37.1 Å². The summed E-state index contributed by atoms with van der Waals surface area (Å²) in [6, 6.07) is 6.19. The van der Waals surface area contributed by atoms with E-state index in [1.807, 2.05) is 24.4 Å². The molecule has 0 spiro atoms. The number of hydrogen-bond donors (Lipinski definition) is 1. The first-order valence-corrected chi connectivity index (χ1v) is 7.17. The van der Waals surface area contributed by atoms with Gasteiger partial charge in [-0.3, -0.25) is 4.79 Å². The molecule has 0 bridgehead atoms. The minimum absolute atomic E-state index is 0.0599. The highest BCUT2D eigenvalue weighted by Gasteiger charge is 2.26. The van der Waals surface area contributed by atoms with Crippen LogP contribution in [0.2, 0.25) is 0 Å². The predicted octanol–water partition coefficient (Wildman–Crippen LogP) is 2.69. The summed E-state index contributed by atoms with van der Waals surface area (Å²) in [5.41, 5.74) is 1.67. The number of carbonyl (C=O) groups is 1. The lowest BCUT2D eigenvalue weighted by Gasteiger charge is -2.07.